The Hall–Kier alpha value is -4.40. The molecule has 3 atom stereocenters. The maximum atomic E-state index is 13.7. The minimum absolute atomic E-state index is 0.0630. The Bertz CT molecular complexity index is 1440. The number of ether oxygens (including phenoxy) is 1. The second-order valence-electron chi connectivity index (χ2n) is 11.3. The van der Waals surface area contributed by atoms with E-state index in [1.807, 2.05) is 24.3 Å². The summed E-state index contributed by atoms with van der Waals surface area (Å²) >= 11 is 0. The van der Waals surface area contributed by atoms with Crippen LogP contribution in [0.4, 0.5) is 0 Å². The predicted octanol–water partition coefficient (Wildman–Crippen LogP) is 6.98. The summed E-state index contributed by atoms with van der Waals surface area (Å²) in [5.74, 6) is 0.858. The van der Waals surface area contributed by atoms with Gasteiger partial charge in [-0.25, -0.2) is 0 Å². The molecule has 0 spiro atoms. The van der Waals surface area contributed by atoms with Crippen molar-refractivity contribution in [1.82, 2.24) is 9.80 Å². The number of hydrogen-bond acceptors (Lipinski definition) is 4. The molecular weight excluding hydrogens is 506 g/mol. The van der Waals surface area contributed by atoms with Gasteiger partial charge in [-0.05, 0) is 59.9 Å². The molecule has 2 bridgehead atoms. The molecule has 41 heavy (non-hydrogen) atoms. The molecule has 1 amide bonds. The highest BCUT2D eigenvalue weighted by molar-refractivity contribution is 5.95. The summed E-state index contributed by atoms with van der Waals surface area (Å²) in [5.41, 5.74) is 5.13. The molecule has 4 aromatic rings. The van der Waals surface area contributed by atoms with Crippen LogP contribution in [0.3, 0.4) is 0 Å². The quantitative estimate of drug-likeness (QED) is 0.230. The van der Waals surface area contributed by atoms with Gasteiger partial charge in [-0.1, -0.05) is 78.9 Å². The molecule has 2 saturated heterocycles. The van der Waals surface area contributed by atoms with E-state index in [0.29, 0.717) is 5.56 Å². The number of rotatable bonds is 9. The number of benzene rings is 4. The van der Waals surface area contributed by atoms with Crippen molar-refractivity contribution in [3.8, 4) is 11.8 Å². The summed E-state index contributed by atoms with van der Waals surface area (Å²) in [4.78, 5) is 18.2. The monoisotopic (exact) mass is 541 g/mol. The number of amides is 1. The molecule has 5 nitrogen and oxygen atoms in total. The van der Waals surface area contributed by atoms with Crippen molar-refractivity contribution >= 4 is 5.91 Å². The van der Waals surface area contributed by atoms with Crippen LogP contribution in [0.1, 0.15) is 58.3 Å². The fourth-order valence-corrected chi connectivity index (χ4v) is 6.40. The molecule has 0 aliphatic carbocycles. The molecule has 1 unspecified atom stereocenters. The average molecular weight is 542 g/mol. The van der Waals surface area contributed by atoms with Gasteiger partial charge in [-0.15, -0.1) is 0 Å². The molecule has 0 N–H and O–H groups in total. The number of nitrogens with zero attached hydrogens (tertiary/aromatic N) is 3. The van der Waals surface area contributed by atoms with Crippen molar-refractivity contribution in [1.29, 1.82) is 5.26 Å². The molecule has 0 aromatic heterocycles. The fourth-order valence-electron chi connectivity index (χ4n) is 6.40. The lowest BCUT2D eigenvalue weighted by Gasteiger charge is -2.39. The van der Waals surface area contributed by atoms with Crippen LogP contribution >= 0.6 is 0 Å². The Morgan fingerprint density at radius 3 is 1.88 bits per heavy atom. The third-order valence-corrected chi connectivity index (χ3v) is 8.30. The van der Waals surface area contributed by atoms with Gasteiger partial charge in [0.25, 0.3) is 5.91 Å². The van der Waals surface area contributed by atoms with Gasteiger partial charge in [0.1, 0.15) is 11.9 Å². The molecule has 2 heterocycles. The maximum Gasteiger partial charge on any atom is 0.254 e. The lowest BCUT2D eigenvalue weighted by molar-refractivity contribution is 0.0359. The molecular formula is C36H35N3O2. The summed E-state index contributed by atoms with van der Waals surface area (Å²) in [5, 5.41) is 9.19. The summed E-state index contributed by atoms with van der Waals surface area (Å²) in [6, 6.07) is 39.3. The van der Waals surface area contributed by atoms with E-state index in [4.69, 9.17) is 4.74 Å². The largest absolute Gasteiger partial charge is 0.490 e. The van der Waals surface area contributed by atoms with Gasteiger partial charge in [0.2, 0.25) is 0 Å². The van der Waals surface area contributed by atoms with Crippen molar-refractivity contribution < 1.29 is 9.53 Å². The van der Waals surface area contributed by atoms with Gasteiger partial charge < -0.3 is 9.64 Å². The second kappa shape index (κ2) is 12.4. The van der Waals surface area contributed by atoms with Crippen molar-refractivity contribution in [2.75, 3.05) is 0 Å². The fraction of sp³-hybridized carbons (Fsp3) is 0.278. The molecule has 0 radical (unpaired) electrons. The lowest BCUT2D eigenvalue weighted by Crippen LogP contribution is -2.49. The normalized spacial score (nSPS) is 19.6. The van der Waals surface area contributed by atoms with Gasteiger partial charge in [-0.2, -0.15) is 5.26 Å². The smallest absolute Gasteiger partial charge is 0.254 e. The Morgan fingerprint density at radius 1 is 0.756 bits per heavy atom. The Balaban J connectivity index is 1.10. The van der Waals surface area contributed by atoms with Crippen LogP contribution in [0, 0.1) is 11.3 Å². The van der Waals surface area contributed by atoms with Crippen molar-refractivity contribution in [3.63, 3.8) is 0 Å². The van der Waals surface area contributed by atoms with Crippen LogP contribution in [0.15, 0.2) is 109 Å². The van der Waals surface area contributed by atoms with Crippen molar-refractivity contribution in [3.05, 3.63) is 137 Å². The van der Waals surface area contributed by atoms with Crippen LogP contribution in [0.2, 0.25) is 0 Å². The number of hydrogen-bond donors (Lipinski definition) is 0. The van der Waals surface area contributed by atoms with E-state index >= 15 is 0 Å². The maximum absolute atomic E-state index is 13.7. The zero-order chi connectivity index (χ0) is 28.0. The molecule has 6 rings (SSSR count). The zero-order valence-corrected chi connectivity index (χ0v) is 23.2. The van der Waals surface area contributed by atoms with E-state index in [-0.39, 0.29) is 24.1 Å². The Labute approximate surface area is 242 Å². The number of piperidine rings is 1. The van der Waals surface area contributed by atoms with E-state index in [1.54, 1.807) is 12.1 Å². The highest BCUT2D eigenvalue weighted by atomic mass is 16.5. The highest BCUT2D eigenvalue weighted by Gasteiger charge is 2.44. The number of carbonyl (C=O) groups excluding carboxylic acids is 1. The van der Waals surface area contributed by atoms with E-state index in [0.717, 1.165) is 56.6 Å². The van der Waals surface area contributed by atoms with Crippen LogP contribution in [-0.2, 0) is 19.6 Å². The highest BCUT2D eigenvalue weighted by Crippen LogP contribution is 2.38. The van der Waals surface area contributed by atoms with Gasteiger partial charge in [0, 0.05) is 50.1 Å². The summed E-state index contributed by atoms with van der Waals surface area (Å²) < 4.78 is 6.26. The molecule has 2 aliphatic heterocycles. The van der Waals surface area contributed by atoms with E-state index in [9.17, 15) is 10.1 Å². The lowest BCUT2D eigenvalue weighted by atomic mass is 9.98. The molecule has 0 saturated carbocycles. The number of carbonyl (C=O) groups is 1. The number of nitriles is 1. The standard InChI is InChI=1S/C36H35N3O2/c37-23-30-12-7-13-34(20-30)41-35-21-32-18-19-33(22-35)39(32)36(40)31-16-14-29(15-17-31)26-38(24-27-8-3-1-4-9-27)25-28-10-5-2-6-11-28/h1-17,20,32-33,35H,18-19,21-22,24-26H2/t32-,33+,35?. The van der Waals surface area contributed by atoms with Crippen LogP contribution in [0.25, 0.3) is 0 Å². The SMILES string of the molecule is N#Cc1cccc(OC2C[C@H]3CC[C@@H](C2)N3C(=O)c2ccc(CN(Cc3ccccc3)Cc3ccccc3)cc2)c1. The Morgan fingerprint density at radius 2 is 1.32 bits per heavy atom. The van der Waals surface area contributed by atoms with E-state index < -0.39 is 0 Å². The minimum atomic E-state index is 0.0630. The van der Waals surface area contributed by atoms with E-state index in [2.05, 4.69) is 88.7 Å². The molecule has 2 fully saturated rings. The van der Waals surface area contributed by atoms with Crippen molar-refractivity contribution in [2.24, 2.45) is 0 Å². The molecule has 4 aromatic carbocycles. The minimum Gasteiger partial charge on any atom is -0.490 e. The van der Waals surface area contributed by atoms with Gasteiger partial charge in [0.15, 0.2) is 0 Å². The van der Waals surface area contributed by atoms with Crippen LogP contribution < -0.4 is 4.74 Å². The number of fused-ring (bicyclic) bond motifs is 2. The second-order valence-corrected chi connectivity index (χ2v) is 11.3. The first-order valence-electron chi connectivity index (χ1n) is 14.5. The molecule has 2 aliphatic rings. The van der Waals surface area contributed by atoms with Gasteiger partial charge >= 0.3 is 0 Å². The first-order valence-corrected chi connectivity index (χ1v) is 14.5. The summed E-state index contributed by atoms with van der Waals surface area (Å²) in [6.07, 6.45) is 3.74. The first kappa shape index (κ1) is 26.8. The molecule has 5 heteroatoms. The summed E-state index contributed by atoms with van der Waals surface area (Å²) in [7, 11) is 0. The third kappa shape index (κ3) is 6.51. The zero-order valence-electron chi connectivity index (χ0n) is 23.2. The van der Waals surface area contributed by atoms with Gasteiger partial charge in [0.05, 0.1) is 11.6 Å². The third-order valence-electron chi connectivity index (χ3n) is 8.30. The van der Waals surface area contributed by atoms with Crippen LogP contribution in [0.5, 0.6) is 5.75 Å². The molecule has 206 valence electrons. The topological polar surface area (TPSA) is 56.6 Å². The first-order chi connectivity index (χ1) is 20.1. The summed E-state index contributed by atoms with van der Waals surface area (Å²) in [6.45, 7) is 2.52. The Kier molecular flexibility index (Phi) is 8.11. The van der Waals surface area contributed by atoms with Crippen LogP contribution in [-0.4, -0.2) is 33.9 Å². The average Bonchev–Trinajstić information content (AvgIpc) is 3.28. The van der Waals surface area contributed by atoms with E-state index in [1.165, 1.54) is 16.7 Å². The van der Waals surface area contributed by atoms with Crippen molar-refractivity contribution in [2.45, 2.75) is 63.5 Å². The van der Waals surface area contributed by atoms with Gasteiger partial charge in [-0.3, -0.25) is 9.69 Å². The predicted molar refractivity (Wildman–Crippen MR) is 160 cm³/mol.